The Morgan fingerprint density at radius 3 is 2.48 bits per heavy atom. The van der Waals surface area contributed by atoms with E-state index < -0.39 is 0 Å². The third kappa shape index (κ3) is 6.01. The van der Waals surface area contributed by atoms with Crippen molar-refractivity contribution in [3.63, 3.8) is 0 Å². The fourth-order valence-electron chi connectivity index (χ4n) is 2.23. The molecule has 2 rings (SSSR count). The first-order chi connectivity index (χ1) is 12.9. The summed E-state index contributed by atoms with van der Waals surface area (Å²) in [5.41, 5.74) is 1.79. The van der Waals surface area contributed by atoms with Gasteiger partial charge in [0, 0.05) is 23.9 Å². The van der Waals surface area contributed by atoms with Crippen LogP contribution in [0, 0.1) is 12.3 Å². The lowest BCUT2D eigenvalue weighted by atomic mass is 10.1. The molecule has 6 nitrogen and oxygen atoms in total. The van der Waals surface area contributed by atoms with Crippen LogP contribution < -0.4 is 10.1 Å². The summed E-state index contributed by atoms with van der Waals surface area (Å²) in [7, 11) is 1.52. The summed E-state index contributed by atoms with van der Waals surface area (Å²) in [6.45, 7) is 1.14. The number of ketones is 1. The predicted octanol–water partition coefficient (Wildman–Crippen LogP) is 2.35. The van der Waals surface area contributed by atoms with E-state index in [4.69, 9.17) is 11.2 Å². The largest absolute Gasteiger partial charge is 0.484 e. The van der Waals surface area contributed by atoms with E-state index in [2.05, 4.69) is 11.2 Å². The molecule has 0 unspecified atom stereocenters. The van der Waals surface area contributed by atoms with Crippen LogP contribution in [0.25, 0.3) is 0 Å². The Labute approximate surface area is 158 Å². The zero-order valence-electron chi connectivity index (χ0n) is 15.2. The molecule has 0 aromatic heterocycles. The first-order valence-corrected chi connectivity index (χ1v) is 8.23. The summed E-state index contributed by atoms with van der Waals surface area (Å²) >= 11 is 0. The van der Waals surface area contributed by atoms with Gasteiger partial charge in [-0.2, -0.15) is 0 Å². The number of terminal acetylenes is 1. The average Bonchev–Trinajstić information content (AvgIpc) is 2.66. The lowest BCUT2D eigenvalue weighted by Crippen LogP contribution is -2.37. The van der Waals surface area contributed by atoms with E-state index in [0.717, 1.165) is 0 Å². The number of nitrogens with one attached hydrogen (secondary N) is 1. The average molecular weight is 364 g/mol. The molecule has 0 spiro atoms. The summed E-state index contributed by atoms with van der Waals surface area (Å²) in [5.74, 6) is 2.22. The summed E-state index contributed by atoms with van der Waals surface area (Å²) < 4.78 is 5.40. The minimum absolute atomic E-state index is 0.0452. The SMILES string of the molecule is C#Cc1cccc(NC(=O)CN(C)C(=O)COc2ccc(C(C)=O)cc2)c1. The lowest BCUT2D eigenvalue weighted by Gasteiger charge is -2.17. The number of Topliss-reactive ketones (excluding diaryl/α,β-unsaturated/α-hetero) is 1. The quantitative estimate of drug-likeness (QED) is 0.604. The molecule has 27 heavy (non-hydrogen) atoms. The molecule has 138 valence electrons. The van der Waals surface area contributed by atoms with Crippen molar-refractivity contribution in [1.82, 2.24) is 4.90 Å². The maximum Gasteiger partial charge on any atom is 0.260 e. The Bertz CT molecular complexity index is 882. The van der Waals surface area contributed by atoms with E-state index in [1.165, 1.54) is 18.9 Å². The third-order valence-electron chi connectivity index (χ3n) is 3.74. The van der Waals surface area contributed by atoms with Gasteiger partial charge in [-0.05, 0) is 49.4 Å². The van der Waals surface area contributed by atoms with Crippen LogP contribution in [0.2, 0.25) is 0 Å². The Morgan fingerprint density at radius 1 is 1.15 bits per heavy atom. The van der Waals surface area contributed by atoms with E-state index in [1.807, 2.05) is 0 Å². The fraction of sp³-hybridized carbons (Fsp3) is 0.190. The molecule has 0 aliphatic rings. The van der Waals surface area contributed by atoms with Crippen LogP contribution in [-0.4, -0.2) is 42.7 Å². The molecule has 0 atom stereocenters. The van der Waals surface area contributed by atoms with Crippen LogP contribution >= 0.6 is 0 Å². The molecular formula is C21H20N2O4. The van der Waals surface area contributed by atoms with E-state index >= 15 is 0 Å². The van der Waals surface area contributed by atoms with Crippen LogP contribution in [0.15, 0.2) is 48.5 Å². The number of benzene rings is 2. The Hall–Kier alpha value is -3.59. The van der Waals surface area contributed by atoms with Gasteiger partial charge in [0.15, 0.2) is 12.4 Å². The highest BCUT2D eigenvalue weighted by atomic mass is 16.5. The Kier molecular flexibility index (Phi) is 6.73. The van der Waals surface area contributed by atoms with Crippen LogP contribution in [0.3, 0.4) is 0 Å². The van der Waals surface area contributed by atoms with Gasteiger partial charge >= 0.3 is 0 Å². The lowest BCUT2D eigenvalue weighted by molar-refractivity contribution is -0.135. The summed E-state index contributed by atoms with van der Waals surface area (Å²) in [6, 6.07) is 13.4. The molecule has 0 fully saturated rings. The normalized spacial score (nSPS) is 9.81. The number of hydrogen-bond donors (Lipinski definition) is 1. The zero-order chi connectivity index (χ0) is 19.8. The van der Waals surface area contributed by atoms with Crippen LogP contribution in [0.4, 0.5) is 5.69 Å². The highest BCUT2D eigenvalue weighted by molar-refractivity contribution is 5.95. The van der Waals surface area contributed by atoms with Gasteiger partial charge < -0.3 is 15.0 Å². The second-order valence-corrected chi connectivity index (χ2v) is 5.89. The minimum Gasteiger partial charge on any atom is -0.484 e. The number of carbonyl (C=O) groups is 3. The second kappa shape index (κ2) is 9.20. The van der Waals surface area contributed by atoms with Crippen LogP contribution in [0.1, 0.15) is 22.8 Å². The highest BCUT2D eigenvalue weighted by Gasteiger charge is 2.14. The molecule has 0 heterocycles. The molecule has 0 saturated heterocycles. The number of ether oxygens (including phenoxy) is 1. The number of rotatable bonds is 7. The third-order valence-corrected chi connectivity index (χ3v) is 3.74. The molecule has 2 aromatic carbocycles. The van der Waals surface area contributed by atoms with Gasteiger partial charge in [0.1, 0.15) is 5.75 Å². The fourth-order valence-corrected chi connectivity index (χ4v) is 2.23. The van der Waals surface area contributed by atoms with Gasteiger partial charge in [0.05, 0.1) is 6.54 Å². The van der Waals surface area contributed by atoms with E-state index in [9.17, 15) is 14.4 Å². The smallest absolute Gasteiger partial charge is 0.260 e. The van der Waals surface area contributed by atoms with Crippen molar-refractivity contribution >= 4 is 23.3 Å². The number of anilines is 1. The van der Waals surface area contributed by atoms with Crippen molar-refractivity contribution in [3.8, 4) is 18.1 Å². The molecule has 0 bridgehead atoms. The summed E-state index contributed by atoms with van der Waals surface area (Å²) in [6.07, 6.45) is 5.33. The predicted molar refractivity (Wildman–Crippen MR) is 103 cm³/mol. The minimum atomic E-state index is -0.349. The number of hydrogen-bond acceptors (Lipinski definition) is 4. The summed E-state index contributed by atoms with van der Waals surface area (Å²) in [5, 5.41) is 2.69. The molecular weight excluding hydrogens is 344 g/mol. The first-order valence-electron chi connectivity index (χ1n) is 8.23. The number of amides is 2. The van der Waals surface area contributed by atoms with Crippen molar-refractivity contribution in [1.29, 1.82) is 0 Å². The Morgan fingerprint density at radius 2 is 1.85 bits per heavy atom. The standard InChI is InChI=1S/C21H20N2O4/c1-4-16-6-5-7-18(12-16)22-20(25)13-23(3)21(26)14-27-19-10-8-17(9-11-19)15(2)24/h1,5-12H,13-14H2,2-3H3,(H,22,25). The van der Waals surface area contributed by atoms with Crippen molar-refractivity contribution in [2.45, 2.75) is 6.92 Å². The van der Waals surface area contributed by atoms with Gasteiger partial charge in [0.2, 0.25) is 5.91 Å². The molecule has 0 aliphatic carbocycles. The molecule has 1 N–H and O–H groups in total. The maximum absolute atomic E-state index is 12.1. The summed E-state index contributed by atoms with van der Waals surface area (Å²) in [4.78, 5) is 36.7. The van der Waals surface area contributed by atoms with Gasteiger partial charge in [-0.1, -0.05) is 12.0 Å². The molecule has 0 aliphatic heterocycles. The van der Waals surface area contributed by atoms with E-state index in [0.29, 0.717) is 22.6 Å². The zero-order valence-corrected chi connectivity index (χ0v) is 15.2. The van der Waals surface area contributed by atoms with E-state index in [1.54, 1.807) is 48.5 Å². The maximum atomic E-state index is 12.1. The molecule has 0 radical (unpaired) electrons. The molecule has 0 saturated carbocycles. The number of likely N-dealkylation sites (N-methyl/N-ethyl adjacent to an activating group) is 1. The van der Waals surface area contributed by atoms with E-state index in [-0.39, 0.29) is 30.7 Å². The van der Waals surface area contributed by atoms with Crippen LogP contribution in [-0.2, 0) is 9.59 Å². The van der Waals surface area contributed by atoms with Gasteiger partial charge in [-0.15, -0.1) is 6.42 Å². The topological polar surface area (TPSA) is 75.7 Å². The Balaban J connectivity index is 1.83. The highest BCUT2D eigenvalue weighted by Crippen LogP contribution is 2.13. The molecule has 6 heteroatoms. The van der Waals surface area contributed by atoms with Crippen molar-refractivity contribution in [2.24, 2.45) is 0 Å². The van der Waals surface area contributed by atoms with Crippen LogP contribution in [0.5, 0.6) is 5.75 Å². The van der Waals surface area contributed by atoms with Crippen molar-refractivity contribution < 1.29 is 19.1 Å². The van der Waals surface area contributed by atoms with Gasteiger partial charge in [-0.3, -0.25) is 14.4 Å². The van der Waals surface area contributed by atoms with Crippen molar-refractivity contribution in [2.75, 3.05) is 25.5 Å². The first kappa shape index (κ1) is 19.7. The van der Waals surface area contributed by atoms with Gasteiger partial charge in [-0.25, -0.2) is 0 Å². The second-order valence-electron chi connectivity index (χ2n) is 5.89. The number of carbonyl (C=O) groups excluding carboxylic acids is 3. The monoisotopic (exact) mass is 364 g/mol. The number of nitrogens with zero attached hydrogens (tertiary/aromatic N) is 1. The van der Waals surface area contributed by atoms with Crippen molar-refractivity contribution in [3.05, 3.63) is 59.7 Å². The molecule has 2 amide bonds. The molecule has 2 aromatic rings. The van der Waals surface area contributed by atoms with Gasteiger partial charge in [0.25, 0.3) is 5.91 Å².